The predicted octanol–water partition coefficient (Wildman–Crippen LogP) is 2.82. The topological polar surface area (TPSA) is 99.3 Å². The fourth-order valence-electron chi connectivity index (χ4n) is 6.24. The van der Waals surface area contributed by atoms with Gasteiger partial charge in [0.1, 0.15) is 6.61 Å². The Morgan fingerprint density at radius 2 is 1.49 bits per heavy atom. The molecule has 192 valence electrons. The molecule has 4 N–H and O–H groups in total. The first kappa shape index (κ1) is 25.3. The molecule has 2 aliphatic rings. The molecule has 8 heteroatoms. The van der Waals surface area contributed by atoms with Crippen molar-refractivity contribution in [2.75, 3.05) is 37.7 Å². The van der Waals surface area contributed by atoms with E-state index in [9.17, 15) is 14.8 Å². The standard InChI is InChI=1S/C29H34BN3O4/c1-18-25(16-31)19(2)28(20(3)27(18)30(35)36)32-12-14-33(15-13-32)29(34)37-17-26-23-10-6-4-8-21(23)22-9-5-7-11-24(22)26/h4-11,26,35-36H,12-17,31H2,1-3H3. The zero-order chi connectivity index (χ0) is 26.3. The molecule has 1 aliphatic carbocycles. The Morgan fingerprint density at radius 3 is 2.03 bits per heavy atom. The third-order valence-electron chi connectivity index (χ3n) is 8.08. The highest BCUT2D eigenvalue weighted by Gasteiger charge is 2.32. The molecule has 1 heterocycles. The summed E-state index contributed by atoms with van der Waals surface area (Å²) in [6.45, 7) is 8.77. The molecule has 1 aliphatic heterocycles. The summed E-state index contributed by atoms with van der Waals surface area (Å²) in [6.07, 6.45) is -0.298. The first-order chi connectivity index (χ1) is 17.8. The van der Waals surface area contributed by atoms with E-state index in [2.05, 4.69) is 29.2 Å². The second kappa shape index (κ2) is 10.2. The van der Waals surface area contributed by atoms with E-state index in [1.807, 2.05) is 45.0 Å². The van der Waals surface area contributed by atoms with Crippen molar-refractivity contribution in [2.45, 2.75) is 33.2 Å². The summed E-state index contributed by atoms with van der Waals surface area (Å²) in [5.41, 5.74) is 16.0. The van der Waals surface area contributed by atoms with Crippen molar-refractivity contribution in [2.24, 2.45) is 5.73 Å². The second-order valence-corrected chi connectivity index (χ2v) is 9.97. The molecule has 0 aromatic heterocycles. The molecule has 3 aromatic rings. The molecule has 0 unspecified atom stereocenters. The molecule has 3 aromatic carbocycles. The van der Waals surface area contributed by atoms with Crippen molar-refractivity contribution in [1.29, 1.82) is 0 Å². The molecule has 5 rings (SSSR count). The van der Waals surface area contributed by atoms with Gasteiger partial charge in [0.05, 0.1) is 0 Å². The molecule has 1 saturated heterocycles. The lowest BCUT2D eigenvalue weighted by atomic mass is 9.71. The third kappa shape index (κ3) is 4.39. The zero-order valence-electron chi connectivity index (χ0n) is 21.7. The number of piperazine rings is 1. The fourth-order valence-corrected chi connectivity index (χ4v) is 6.24. The number of hydrogen-bond acceptors (Lipinski definition) is 6. The van der Waals surface area contributed by atoms with E-state index in [0.29, 0.717) is 44.8 Å². The molecule has 0 bridgehead atoms. The van der Waals surface area contributed by atoms with Gasteiger partial charge in [-0.25, -0.2) is 4.79 Å². The number of carbonyl (C=O) groups excluding carboxylic acids is 1. The van der Waals surface area contributed by atoms with Crippen LogP contribution in [0.4, 0.5) is 10.5 Å². The van der Waals surface area contributed by atoms with Crippen molar-refractivity contribution in [3.05, 3.63) is 81.9 Å². The first-order valence-corrected chi connectivity index (χ1v) is 12.9. The monoisotopic (exact) mass is 499 g/mol. The van der Waals surface area contributed by atoms with Crippen LogP contribution < -0.4 is 16.1 Å². The van der Waals surface area contributed by atoms with Crippen LogP contribution in [-0.2, 0) is 11.3 Å². The van der Waals surface area contributed by atoms with Gasteiger partial charge in [-0.2, -0.15) is 0 Å². The van der Waals surface area contributed by atoms with E-state index in [4.69, 9.17) is 10.5 Å². The van der Waals surface area contributed by atoms with Gasteiger partial charge in [-0.3, -0.25) is 0 Å². The number of ether oxygens (including phenoxy) is 1. The van der Waals surface area contributed by atoms with Gasteiger partial charge in [-0.15, -0.1) is 0 Å². The minimum absolute atomic E-state index is 0.0357. The molecular weight excluding hydrogens is 465 g/mol. The maximum Gasteiger partial charge on any atom is 0.489 e. The van der Waals surface area contributed by atoms with Crippen LogP contribution in [0.2, 0.25) is 0 Å². The maximum atomic E-state index is 13.0. The summed E-state index contributed by atoms with van der Waals surface area (Å²) < 4.78 is 5.86. The Balaban J connectivity index is 1.27. The molecule has 7 nitrogen and oxygen atoms in total. The van der Waals surface area contributed by atoms with E-state index in [0.717, 1.165) is 27.9 Å². The van der Waals surface area contributed by atoms with Gasteiger partial charge in [-0.1, -0.05) is 48.5 Å². The minimum atomic E-state index is -1.56. The fraction of sp³-hybridized carbons (Fsp3) is 0.345. The van der Waals surface area contributed by atoms with E-state index in [-0.39, 0.29) is 12.0 Å². The first-order valence-electron chi connectivity index (χ1n) is 12.9. The highest BCUT2D eigenvalue weighted by molar-refractivity contribution is 6.60. The van der Waals surface area contributed by atoms with Crippen LogP contribution in [0.5, 0.6) is 0 Å². The van der Waals surface area contributed by atoms with Crippen molar-refractivity contribution in [3.8, 4) is 11.1 Å². The van der Waals surface area contributed by atoms with Crippen LogP contribution in [0.25, 0.3) is 11.1 Å². The predicted molar refractivity (Wildman–Crippen MR) is 147 cm³/mol. The average Bonchev–Trinajstić information content (AvgIpc) is 3.21. The van der Waals surface area contributed by atoms with Crippen molar-refractivity contribution >= 4 is 24.4 Å². The van der Waals surface area contributed by atoms with Crippen LogP contribution in [-0.4, -0.2) is 60.9 Å². The van der Waals surface area contributed by atoms with Crippen LogP contribution in [0, 0.1) is 20.8 Å². The number of fused-ring (bicyclic) bond motifs is 3. The molecule has 1 fully saturated rings. The van der Waals surface area contributed by atoms with Crippen LogP contribution in [0.1, 0.15) is 39.3 Å². The number of rotatable bonds is 5. The third-order valence-corrected chi connectivity index (χ3v) is 8.08. The van der Waals surface area contributed by atoms with Gasteiger partial charge >= 0.3 is 13.2 Å². The molecule has 0 spiro atoms. The maximum absolute atomic E-state index is 13.0. The van der Waals surface area contributed by atoms with Crippen molar-refractivity contribution in [3.63, 3.8) is 0 Å². The molecule has 0 saturated carbocycles. The van der Waals surface area contributed by atoms with E-state index in [1.54, 1.807) is 4.90 Å². The lowest BCUT2D eigenvalue weighted by molar-refractivity contribution is 0.0977. The molecule has 1 amide bonds. The normalized spacial score (nSPS) is 15.0. The number of benzene rings is 3. The molecular formula is C29H34BN3O4. The van der Waals surface area contributed by atoms with Gasteiger partial charge in [0.25, 0.3) is 0 Å². The summed E-state index contributed by atoms with van der Waals surface area (Å²) in [6, 6.07) is 16.6. The van der Waals surface area contributed by atoms with E-state index < -0.39 is 7.12 Å². The molecule has 0 atom stereocenters. The number of nitrogens with two attached hydrogens (primary N) is 1. The Labute approximate surface area is 218 Å². The molecule has 0 radical (unpaired) electrons. The van der Waals surface area contributed by atoms with Crippen molar-refractivity contribution < 1.29 is 19.6 Å². The zero-order valence-corrected chi connectivity index (χ0v) is 21.7. The highest BCUT2D eigenvalue weighted by atomic mass is 16.6. The number of nitrogens with zero attached hydrogens (tertiary/aromatic N) is 2. The average molecular weight is 499 g/mol. The quantitative estimate of drug-likeness (QED) is 0.467. The summed E-state index contributed by atoms with van der Waals surface area (Å²) >= 11 is 0. The Hall–Kier alpha value is -3.33. The van der Waals surface area contributed by atoms with Gasteiger partial charge in [-0.05, 0) is 70.7 Å². The summed E-state index contributed by atoms with van der Waals surface area (Å²) in [5.74, 6) is 0.0357. The van der Waals surface area contributed by atoms with Gasteiger partial charge in [0, 0.05) is 44.3 Å². The lowest BCUT2D eigenvalue weighted by Gasteiger charge is -2.38. The Kier molecular flexibility index (Phi) is 6.99. The number of hydrogen-bond donors (Lipinski definition) is 3. The Bertz CT molecular complexity index is 1290. The second-order valence-electron chi connectivity index (χ2n) is 9.97. The summed E-state index contributed by atoms with van der Waals surface area (Å²) in [7, 11) is -1.56. The lowest BCUT2D eigenvalue weighted by Crippen LogP contribution is -2.50. The smallest absolute Gasteiger partial charge is 0.448 e. The molecule has 37 heavy (non-hydrogen) atoms. The Morgan fingerprint density at radius 1 is 0.919 bits per heavy atom. The van der Waals surface area contributed by atoms with Crippen molar-refractivity contribution in [1.82, 2.24) is 4.90 Å². The number of carbonyl (C=O) groups is 1. The van der Waals surface area contributed by atoms with Crippen LogP contribution in [0.15, 0.2) is 48.5 Å². The largest absolute Gasteiger partial charge is 0.489 e. The van der Waals surface area contributed by atoms with Gasteiger partial charge < -0.3 is 30.3 Å². The number of amides is 1. The SMILES string of the molecule is Cc1c(CN)c(C)c(N2CCN(C(=O)OCC3c4ccccc4-c4ccccc43)CC2)c(C)c1B(O)O. The summed E-state index contributed by atoms with van der Waals surface area (Å²) in [5, 5.41) is 20.1. The minimum Gasteiger partial charge on any atom is -0.448 e. The van der Waals surface area contributed by atoms with E-state index >= 15 is 0 Å². The summed E-state index contributed by atoms with van der Waals surface area (Å²) in [4.78, 5) is 17.0. The van der Waals surface area contributed by atoms with Gasteiger partial charge in [0.15, 0.2) is 0 Å². The number of anilines is 1. The van der Waals surface area contributed by atoms with Crippen LogP contribution >= 0.6 is 0 Å². The van der Waals surface area contributed by atoms with E-state index in [1.165, 1.54) is 22.3 Å². The van der Waals surface area contributed by atoms with Gasteiger partial charge in [0.2, 0.25) is 0 Å². The van der Waals surface area contributed by atoms with Crippen LogP contribution in [0.3, 0.4) is 0 Å². The highest BCUT2D eigenvalue weighted by Crippen LogP contribution is 2.44.